The fourth-order valence-corrected chi connectivity index (χ4v) is 8.64. The third kappa shape index (κ3) is 8.32. The number of hydrogen-bond donors (Lipinski definition) is 0. The van der Waals surface area contributed by atoms with Crippen LogP contribution in [-0.4, -0.2) is 15.0 Å². The van der Waals surface area contributed by atoms with Crippen molar-refractivity contribution in [2.75, 3.05) is 0 Å². The smallest absolute Gasteiger partial charge is 0.0704 e. The van der Waals surface area contributed by atoms with Crippen LogP contribution in [-0.2, 0) is 5.41 Å². The van der Waals surface area contributed by atoms with E-state index in [0.29, 0.717) is 0 Å². The van der Waals surface area contributed by atoms with Crippen molar-refractivity contribution in [1.29, 1.82) is 0 Å². The molecule has 0 amide bonds. The normalized spacial score (nSPS) is 11.4. The maximum atomic E-state index is 4.76. The Balaban J connectivity index is 1.10. The summed E-state index contributed by atoms with van der Waals surface area (Å²) >= 11 is 0. The molecule has 0 aliphatic heterocycles. The van der Waals surface area contributed by atoms with E-state index in [4.69, 9.17) is 4.98 Å². The highest BCUT2D eigenvalue weighted by molar-refractivity contribution is 5.94. The van der Waals surface area contributed by atoms with Crippen molar-refractivity contribution in [3.05, 3.63) is 236 Å². The Bertz CT molecular complexity index is 3060. The Labute approximate surface area is 376 Å². The van der Waals surface area contributed by atoms with Gasteiger partial charge in [0.25, 0.3) is 0 Å². The van der Waals surface area contributed by atoms with Gasteiger partial charge in [-0.05, 0) is 132 Å². The number of nitrogens with zero attached hydrogens (tertiary/aromatic N) is 3. The van der Waals surface area contributed by atoms with Gasteiger partial charge in [0.1, 0.15) is 0 Å². The summed E-state index contributed by atoms with van der Waals surface area (Å²) in [7, 11) is 0. The van der Waals surface area contributed by atoms with Crippen LogP contribution in [0.15, 0.2) is 231 Å². The van der Waals surface area contributed by atoms with Crippen LogP contribution < -0.4 is 0 Å². The van der Waals surface area contributed by atoms with Crippen molar-refractivity contribution in [1.82, 2.24) is 15.0 Å². The Hall–Kier alpha value is -8.01. The summed E-state index contributed by atoms with van der Waals surface area (Å²) in [5.74, 6) is 0. The molecule has 10 rings (SSSR count). The van der Waals surface area contributed by atoms with Gasteiger partial charge in [0.05, 0.1) is 17.1 Å². The van der Waals surface area contributed by atoms with E-state index in [0.717, 1.165) is 67.2 Å². The van der Waals surface area contributed by atoms with E-state index in [2.05, 4.69) is 219 Å². The highest BCUT2D eigenvalue weighted by Gasteiger charge is 2.18. The Morgan fingerprint density at radius 3 is 0.875 bits per heavy atom. The number of aromatic nitrogens is 3. The van der Waals surface area contributed by atoms with Crippen LogP contribution >= 0.6 is 0 Å². The molecule has 0 radical (unpaired) electrons. The number of hydrogen-bond acceptors (Lipinski definition) is 3. The quantitative estimate of drug-likeness (QED) is 0.146. The molecule has 0 unspecified atom stereocenters. The summed E-state index contributed by atoms with van der Waals surface area (Å²) in [6.45, 7) is 6.73. The lowest BCUT2D eigenvalue weighted by Gasteiger charge is -2.19. The highest BCUT2D eigenvalue weighted by Crippen LogP contribution is 2.43. The maximum Gasteiger partial charge on any atom is 0.0704 e. The zero-order chi connectivity index (χ0) is 43.5. The lowest BCUT2D eigenvalue weighted by Crippen LogP contribution is -2.11. The second-order valence-corrected chi connectivity index (χ2v) is 17.3. The average molecular weight is 822 g/mol. The van der Waals surface area contributed by atoms with E-state index in [1.807, 2.05) is 42.9 Å². The minimum absolute atomic E-state index is 0.0421. The molecule has 0 spiro atoms. The zero-order valence-corrected chi connectivity index (χ0v) is 36.3. The fraction of sp³-hybridized carbons (Fsp3) is 0.0656. The van der Waals surface area contributed by atoms with Gasteiger partial charge < -0.3 is 0 Å². The summed E-state index contributed by atoms with van der Waals surface area (Å²) in [6.07, 6.45) is 5.61. The molecule has 3 nitrogen and oxygen atoms in total. The SMILES string of the molecule is CC(C)(C)c1ccnc(-c2ccc(-c3ccccc3-c3cc(-c4ccccc4-c4ccc(-c5ccccn5)cc4)cc(-c4ccccc4-c4ccc(-c5ccccn5)cc4)c3)cc2)c1. The second-order valence-electron chi connectivity index (χ2n) is 17.3. The van der Waals surface area contributed by atoms with Crippen molar-refractivity contribution in [3.63, 3.8) is 0 Å². The topological polar surface area (TPSA) is 38.7 Å². The average Bonchev–Trinajstić information content (AvgIpc) is 3.37. The summed E-state index contributed by atoms with van der Waals surface area (Å²) in [5, 5.41) is 0. The minimum Gasteiger partial charge on any atom is -0.256 e. The van der Waals surface area contributed by atoms with E-state index in [-0.39, 0.29) is 5.41 Å². The molecule has 0 saturated heterocycles. The lowest BCUT2D eigenvalue weighted by molar-refractivity contribution is 0.589. The predicted molar refractivity (Wildman–Crippen MR) is 267 cm³/mol. The van der Waals surface area contributed by atoms with Gasteiger partial charge in [0, 0.05) is 35.3 Å². The molecule has 0 aliphatic carbocycles. The molecule has 0 atom stereocenters. The standard InChI is InChI=1S/C61H47N3/c1-61(2,3)51-34-37-64-60(41-51)47-32-26-44(27-33-47)54-16-6-9-19-57(54)50-39-48(55-17-7-4-14-52(55)42-22-28-45(29-23-42)58-20-10-12-35-62-58)38-49(40-50)56-18-8-5-15-53(56)43-24-30-46(31-25-43)59-21-11-13-36-63-59/h4-41H,1-3H3. The molecule has 7 aromatic carbocycles. The maximum absolute atomic E-state index is 4.76. The number of benzene rings is 7. The van der Waals surface area contributed by atoms with Crippen molar-refractivity contribution in [2.24, 2.45) is 0 Å². The van der Waals surface area contributed by atoms with E-state index >= 15 is 0 Å². The van der Waals surface area contributed by atoms with Crippen LogP contribution in [0.5, 0.6) is 0 Å². The fourth-order valence-electron chi connectivity index (χ4n) is 8.64. The molecule has 306 valence electrons. The molecule has 0 bridgehead atoms. The molecule has 0 N–H and O–H groups in total. The summed E-state index contributed by atoms with van der Waals surface area (Å²) in [6, 6.07) is 76.2. The van der Waals surface area contributed by atoms with Crippen LogP contribution in [0.1, 0.15) is 26.3 Å². The van der Waals surface area contributed by atoms with Gasteiger partial charge in [0.2, 0.25) is 0 Å². The molecule has 64 heavy (non-hydrogen) atoms. The number of rotatable bonds is 9. The van der Waals surface area contributed by atoms with Crippen molar-refractivity contribution in [3.8, 4) is 101 Å². The first-order valence-corrected chi connectivity index (χ1v) is 21.9. The summed E-state index contributed by atoms with van der Waals surface area (Å²) in [4.78, 5) is 13.9. The van der Waals surface area contributed by atoms with Gasteiger partial charge in [-0.2, -0.15) is 0 Å². The zero-order valence-electron chi connectivity index (χ0n) is 36.3. The first-order valence-electron chi connectivity index (χ1n) is 21.9. The minimum atomic E-state index is 0.0421. The first-order chi connectivity index (χ1) is 31.4. The van der Waals surface area contributed by atoms with Gasteiger partial charge in [0.15, 0.2) is 0 Å². The summed E-state index contributed by atoms with van der Waals surface area (Å²) < 4.78 is 0. The Morgan fingerprint density at radius 1 is 0.250 bits per heavy atom. The van der Waals surface area contributed by atoms with Crippen LogP contribution in [0, 0.1) is 0 Å². The largest absolute Gasteiger partial charge is 0.256 e. The third-order valence-electron chi connectivity index (χ3n) is 12.1. The van der Waals surface area contributed by atoms with E-state index in [1.165, 1.54) is 38.9 Å². The molecular formula is C61H47N3. The molecule has 10 aromatic rings. The predicted octanol–water partition coefficient (Wildman–Crippen LogP) is 16.2. The lowest BCUT2D eigenvalue weighted by atomic mass is 9.86. The van der Waals surface area contributed by atoms with E-state index in [1.54, 1.807) is 0 Å². The number of pyridine rings is 3. The molecule has 3 heteroatoms. The van der Waals surface area contributed by atoms with Gasteiger partial charge in [-0.1, -0.05) is 178 Å². The molecule has 3 heterocycles. The van der Waals surface area contributed by atoms with Crippen molar-refractivity contribution < 1.29 is 0 Å². The monoisotopic (exact) mass is 821 g/mol. The van der Waals surface area contributed by atoms with E-state index in [9.17, 15) is 0 Å². The van der Waals surface area contributed by atoms with Crippen LogP contribution in [0.3, 0.4) is 0 Å². The molecule has 0 aliphatic rings. The molecule has 0 fully saturated rings. The first kappa shape index (κ1) is 40.1. The third-order valence-corrected chi connectivity index (χ3v) is 12.1. The second kappa shape index (κ2) is 17.4. The van der Waals surface area contributed by atoms with Crippen LogP contribution in [0.25, 0.3) is 101 Å². The van der Waals surface area contributed by atoms with Crippen LogP contribution in [0.4, 0.5) is 0 Å². The van der Waals surface area contributed by atoms with Crippen molar-refractivity contribution >= 4 is 0 Å². The Kier molecular flexibility index (Phi) is 10.9. The van der Waals surface area contributed by atoms with Gasteiger partial charge in [-0.3, -0.25) is 15.0 Å². The van der Waals surface area contributed by atoms with Crippen molar-refractivity contribution in [2.45, 2.75) is 26.2 Å². The Morgan fingerprint density at radius 2 is 0.547 bits per heavy atom. The highest BCUT2D eigenvalue weighted by atomic mass is 14.7. The van der Waals surface area contributed by atoms with Crippen LogP contribution in [0.2, 0.25) is 0 Å². The molecule has 0 saturated carbocycles. The molecular weight excluding hydrogens is 775 g/mol. The summed E-state index contributed by atoms with van der Waals surface area (Å²) in [5.41, 5.74) is 21.4. The van der Waals surface area contributed by atoms with Gasteiger partial charge in [-0.25, -0.2) is 0 Å². The molecule has 3 aromatic heterocycles. The van der Waals surface area contributed by atoms with Gasteiger partial charge >= 0.3 is 0 Å². The van der Waals surface area contributed by atoms with E-state index < -0.39 is 0 Å². The van der Waals surface area contributed by atoms with Gasteiger partial charge in [-0.15, -0.1) is 0 Å².